The molecule has 128 valence electrons. The summed E-state index contributed by atoms with van der Waals surface area (Å²) in [6.07, 6.45) is 0.526. The highest BCUT2D eigenvalue weighted by Crippen LogP contribution is 2.10. The van der Waals surface area contributed by atoms with E-state index in [2.05, 4.69) is 51.6 Å². The van der Waals surface area contributed by atoms with Gasteiger partial charge in [-0.05, 0) is 24.7 Å². The number of nitrogens with zero attached hydrogens (tertiary/aromatic N) is 2. The Morgan fingerprint density at radius 1 is 1.04 bits per heavy atom. The topological polar surface area (TPSA) is 47.6 Å². The van der Waals surface area contributed by atoms with Crippen molar-refractivity contribution in [3.05, 3.63) is 35.4 Å². The molecule has 2 rings (SSSR count). The molecule has 1 amide bonds. The number of amides is 1. The maximum atomic E-state index is 11.6. The Kier molecular flexibility index (Phi) is 7.52. The van der Waals surface area contributed by atoms with Gasteiger partial charge in [-0.3, -0.25) is 9.69 Å². The van der Waals surface area contributed by atoms with E-state index in [1.807, 2.05) is 7.05 Å². The Hall–Kier alpha value is -1.43. The minimum atomic E-state index is 0.0946. The van der Waals surface area contributed by atoms with Crippen LogP contribution in [0, 0.1) is 0 Å². The predicted molar refractivity (Wildman–Crippen MR) is 94.2 cm³/mol. The molecular weight excluding hydrogens is 288 g/mol. The van der Waals surface area contributed by atoms with Gasteiger partial charge in [-0.15, -0.1) is 0 Å². The summed E-state index contributed by atoms with van der Waals surface area (Å²) in [6.45, 7) is 10.4. The highest BCUT2D eigenvalue weighted by atomic mass is 16.1. The first-order valence-electron chi connectivity index (χ1n) is 8.65. The van der Waals surface area contributed by atoms with E-state index in [0.29, 0.717) is 13.0 Å². The van der Waals surface area contributed by atoms with E-state index < -0.39 is 0 Å². The third-order valence-corrected chi connectivity index (χ3v) is 4.43. The van der Waals surface area contributed by atoms with Crippen molar-refractivity contribution < 1.29 is 4.79 Å². The van der Waals surface area contributed by atoms with Gasteiger partial charge in [0.1, 0.15) is 0 Å². The van der Waals surface area contributed by atoms with Crippen molar-refractivity contribution in [2.45, 2.75) is 26.4 Å². The Balaban J connectivity index is 1.73. The molecule has 5 nitrogen and oxygen atoms in total. The molecule has 1 saturated heterocycles. The van der Waals surface area contributed by atoms with E-state index in [9.17, 15) is 4.79 Å². The molecule has 1 aromatic carbocycles. The summed E-state index contributed by atoms with van der Waals surface area (Å²) in [5.41, 5.74) is 2.50. The van der Waals surface area contributed by atoms with Crippen LogP contribution in [0.5, 0.6) is 0 Å². The van der Waals surface area contributed by atoms with Gasteiger partial charge in [-0.2, -0.15) is 0 Å². The summed E-state index contributed by atoms with van der Waals surface area (Å²) in [7, 11) is 1.86. The third-order valence-electron chi connectivity index (χ3n) is 4.43. The molecule has 0 unspecified atom stereocenters. The summed E-state index contributed by atoms with van der Waals surface area (Å²) < 4.78 is 0. The number of rotatable bonds is 8. The lowest BCUT2D eigenvalue weighted by molar-refractivity contribution is -0.121. The fourth-order valence-corrected chi connectivity index (χ4v) is 2.81. The van der Waals surface area contributed by atoms with Gasteiger partial charge in [0.2, 0.25) is 5.91 Å². The molecule has 1 aliphatic heterocycles. The first-order valence-corrected chi connectivity index (χ1v) is 8.65. The summed E-state index contributed by atoms with van der Waals surface area (Å²) in [5.74, 6) is 0.0946. The predicted octanol–water partition coefficient (Wildman–Crippen LogP) is 1.05. The van der Waals surface area contributed by atoms with E-state index in [1.54, 1.807) is 0 Å². The van der Waals surface area contributed by atoms with Crippen LogP contribution in [0.1, 0.15) is 24.5 Å². The van der Waals surface area contributed by atoms with Crippen LogP contribution >= 0.6 is 0 Å². The average Bonchev–Trinajstić information content (AvgIpc) is 2.60. The first kappa shape index (κ1) is 17.9. The maximum absolute atomic E-state index is 11.6. The zero-order valence-electron chi connectivity index (χ0n) is 14.5. The molecule has 1 fully saturated rings. The number of hydrogen-bond donors (Lipinski definition) is 2. The van der Waals surface area contributed by atoms with Crippen LogP contribution in [-0.4, -0.2) is 62.0 Å². The second-order valence-electron chi connectivity index (χ2n) is 6.16. The first-order chi connectivity index (χ1) is 11.2. The van der Waals surface area contributed by atoms with E-state index in [0.717, 1.165) is 38.3 Å². The van der Waals surface area contributed by atoms with Gasteiger partial charge in [0, 0.05) is 52.2 Å². The number of hydrogen-bond acceptors (Lipinski definition) is 4. The van der Waals surface area contributed by atoms with Crippen LogP contribution in [0.25, 0.3) is 0 Å². The highest BCUT2D eigenvalue weighted by molar-refractivity contribution is 5.76. The fraction of sp³-hybridized carbons (Fsp3) is 0.611. The molecule has 1 heterocycles. The Labute approximate surface area is 140 Å². The second kappa shape index (κ2) is 9.65. The van der Waals surface area contributed by atoms with Gasteiger partial charge in [-0.25, -0.2) is 0 Å². The van der Waals surface area contributed by atoms with Crippen LogP contribution in [0.4, 0.5) is 0 Å². The number of carbonyl (C=O) groups excluding carboxylic acids is 1. The van der Waals surface area contributed by atoms with Crippen molar-refractivity contribution in [3.8, 4) is 0 Å². The summed E-state index contributed by atoms with van der Waals surface area (Å²) >= 11 is 0. The number of likely N-dealkylation sites (N-methyl/N-ethyl adjacent to an activating group) is 1. The molecule has 0 radical (unpaired) electrons. The highest BCUT2D eigenvalue weighted by Gasteiger charge is 2.15. The molecule has 1 aliphatic rings. The molecule has 0 saturated carbocycles. The van der Waals surface area contributed by atoms with Crippen molar-refractivity contribution >= 4 is 5.91 Å². The maximum Gasteiger partial charge on any atom is 0.221 e. The SMILES string of the molecule is CCN1CCN(Cc2ccc(CNC(=O)CCNC)cc2)CC1. The summed E-state index contributed by atoms with van der Waals surface area (Å²) in [6, 6.07) is 8.61. The van der Waals surface area contributed by atoms with Gasteiger partial charge in [-0.1, -0.05) is 31.2 Å². The largest absolute Gasteiger partial charge is 0.352 e. The molecular formula is C18H30N4O. The van der Waals surface area contributed by atoms with Crippen LogP contribution < -0.4 is 10.6 Å². The molecule has 1 aromatic rings. The summed E-state index contributed by atoms with van der Waals surface area (Å²) in [5, 5.41) is 5.93. The van der Waals surface area contributed by atoms with Gasteiger partial charge in [0.15, 0.2) is 0 Å². The molecule has 23 heavy (non-hydrogen) atoms. The van der Waals surface area contributed by atoms with Crippen molar-refractivity contribution in [1.29, 1.82) is 0 Å². The van der Waals surface area contributed by atoms with Crippen molar-refractivity contribution in [1.82, 2.24) is 20.4 Å². The number of carbonyl (C=O) groups is 1. The molecule has 0 spiro atoms. The average molecular weight is 318 g/mol. The fourth-order valence-electron chi connectivity index (χ4n) is 2.81. The van der Waals surface area contributed by atoms with Gasteiger partial charge < -0.3 is 15.5 Å². The van der Waals surface area contributed by atoms with Crippen LogP contribution in [0.15, 0.2) is 24.3 Å². The van der Waals surface area contributed by atoms with Gasteiger partial charge in [0.25, 0.3) is 0 Å². The molecule has 0 bridgehead atoms. The van der Waals surface area contributed by atoms with E-state index in [-0.39, 0.29) is 5.91 Å². The Morgan fingerprint density at radius 2 is 1.65 bits per heavy atom. The third kappa shape index (κ3) is 6.29. The zero-order chi connectivity index (χ0) is 16.5. The molecule has 0 aliphatic carbocycles. The number of benzene rings is 1. The van der Waals surface area contributed by atoms with Crippen molar-refractivity contribution in [2.75, 3.05) is 46.3 Å². The molecule has 0 atom stereocenters. The lowest BCUT2D eigenvalue weighted by Gasteiger charge is -2.34. The zero-order valence-corrected chi connectivity index (χ0v) is 14.5. The Bertz CT molecular complexity index is 466. The molecule has 5 heteroatoms. The quantitative estimate of drug-likeness (QED) is 0.752. The van der Waals surface area contributed by atoms with E-state index in [1.165, 1.54) is 18.7 Å². The minimum Gasteiger partial charge on any atom is -0.352 e. The van der Waals surface area contributed by atoms with E-state index in [4.69, 9.17) is 0 Å². The lowest BCUT2D eigenvalue weighted by atomic mass is 10.1. The van der Waals surface area contributed by atoms with Gasteiger partial charge in [0.05, 0.1) is 0 Å². The van der Waals surface area contributed by atoms with Crippen LogP contribution in [0.2, 0.25) is 0 Å². The van der Waals surface area contributed by atoms with Crippen molar-refractivity contribution in [3.63, 3.8) is 0 Å². The normalized spacial score (nSPS) is 16.4. The lowest BCUT2D eigenvalue weighted by Crippen LogP contribution is -2.45. The van der Waals surface area contributed by atoms with Crippen molar-refractivity contribution in [2.24, 2.45) is 0 Å². The number of nitrogens with one attached hydrogen (secondary N) is 2. The monoisotopic (exact) mass is 318 g/mol. The molecule has 2 N–H and O–H groups in total. The number of piperazine rings is 1. The molecule has 0 aromatic heterocycles. The second-order valence-corrected chi connectivity index (χ2v) is 6.16. The minimum absolute atomic E-state index is 0.0946. The van der Waals surface area contributed by atoms with E-state index >= 15 is 0 Å². The summed E-state index contributed by atoms with van der Waals surface area (Å²) in [4.78, 5) is 16.6. The smallest absolute Gasteiger partial charge is 0.221 e. The van der Waals surface area contributed by atoms with Crippen LogP contribution in [0.3, 0.4) is 0 Å². The van der Waals surface area contributed by atoms with Gasteiger partial charge >= 0.3 is 0 Å². The van der Waals surface area contributed by atoms with Crippen LogP contribution in [-0.2, 0) is 17.9 Å². The standard InChI is InChI=1S/C18H30N4O/c1-3-21-10-12-22(13-11-21)15-17-6-4-16(5-7-17)14-20-18(23)8-9-19-2/h4-7,19H,3,8-15H2,1-2H3,(H,20,23). The Morgan fingerprint density at radius 3 is 2.26 bits per heavy atom.